The highest BCUT2D eigenvalue weighted by atomic mass is 16.1. The van der Waals surface area contributed by atoms with Crippen LogP contribution in [-0.2, 0) is 18.4 Å². The second-order valence-electron chi connectivity index (χ2n) is 4.24. The van der Waals surface area contributed by atoms with Gasteiger partial charge < -0.3 is 10.6 Å². The van der Waals surface area contributed by atoms with Crippen molar-refractivity contribution in [2.24, 2.45) is 13.0 Å². The number of rotatable bonds is 3. The molecular weight excluding hydrogens is 204 g/mol. The minimum atomic E-state index is 0.123. The molecule has 0 bridgehead atoms. The summed E-state index contributed by atoms with van der Waals surface area (Å²) in [7, 11) is 1.87. The van der Waals surface area contributed by atoms with Crippen molar-refractivity contribution >= 4 is 5.91 Å². The SMILES string of the molecule is Cn1ccc(CNC(=O)[C@H]2CCCNC2)n1. The summed E-state index contributed by atoms with van der Waals surface area (Å²) >= 11 is 0. The van der Waals surface area contributed by atoms with Crippen LogP contribution in [0.4, 0.5) is 0 Å². The molecule has 1 saturated heterocycles. The Balaban J connectivity index is 1.78. The van der Waals surface area contributed by atoms with Gasteiger partial charge in [-0.2, -0.15) is 5.10 Å². The number of hydrogen-bond acceptors (Lipinski definition) is 3. The first-order chi connectivity index (χ1) is 7.75. The highest BCUT2D eigenvalue weighted by molar-refractivity contribution is 5.78. The zero-order chi connectivity index (χ0) is 11.4. The first kappa shape index (κ1) is 11.1. The number of aryl methyl sites for hydroxylation is 1. The molecular formula is C11H18N4O. The molecule has 0 unspecified atom stereocenters. The second kappa shape index (κ2) is 5.12. The molecule has 0 aliphatic carbocycles. The molecule has 1 aromatic rings. The zero-order valence-electron chi connectivity index (χ0n) is 9.57. The molecule has 1 aliphatic rings. The van der Waals surface area contributed by atoms with Crippen LogP contribution in [0.2, 0.25) is 0 Å². The average Bonchev–Trinajstić information content (AvgIpc) is 2.73. The van der Waals surface area contributed by atoms with E-state index in [9.17, 15) is 4.79 Å². The molecule has 2 heterocycles. The maximum atomic E-state index is 11.8. The predicted octanol–water partition coefficient (Wildman–Crippen LogP) is 0.0359. The summed E-state index contributed by atoms with van der Waals surface area (Å²) in [4.78, 5) is 11.8. The van der Waals surface area contributed by atoms with Crippen molar-refractivity contribution in [3.8, 4) is 0 Å². The fourth-order valence-electron chi connectivity index (χ4n) is 1.96. The summed E-state index contributed by atoms with van der Waals surface area (Å²) in [6.07, 6.45) is 3.95. The third kappa shape index (κ3) is 2.82. The summed E-state index contributed by atoms with van der Waals surface area (Å²) in [6, 6.07) is 1.92. The van der Waals surface area contributed by atoms with Crippen LogP contribution in [0.25, 0.3) is 0 Å². The van der Waals surface area contributed by atoms with Gasteiger partial charge in [-0.25, -0.2) is 0 Å². The van der Waals surface area contributed by atoms with Crippen molar-refractivity contribution in [1.82, 2.24) is 20.4 Å². The number of carbonyl (C=O) groups is 1. The molecule has 0 spiro atoms. The van der Waals surface area contributed by atoms with E-state index in [-0.39, 0.29) is 11.8 Å². The first-order valence-corrected chi connectivity index (χ1v) is 5.72. The third-order valence-corrected chi connectivity index (χ3v) is 2.88. The number of carbonyl (C=O) groups excluding carboxylic acids is 1. The predicted molar refractivity (Wildman–Crippen MR) is 60.6 cm³/mol. The smallest absolute Gasteiger partial charge is 0.224 e. The highest BCUT2D eigenvalue weighted by Gasteiger charge is 2.20. The van der Waals surface area contributed by atoms with Gasteiger partial charge in [0.2, 0.25) is 5.91 Å². The molecule has 1 atom stereocenters. The van der Waals surface area contributed by atoms with E-state index in [1.165, 1.54) is 0 Å². The fraction of sp³-hybridized carbons (Fsp3) is 0.636. The average molecular weight is 222 g/mol. The molecule has 5 heteroatoms. The summed E-state index contributed by atoms with van der Waals surface area (Å²) in [5.41, 5.74) is 0.902. The summed E-state index contributed by atoms with van der Waals surface area (Å²) in [5, 5.41) is 10.4. The van der Waals surface area contributed by atoms with Crippen molar-refractivity contribution in [1.29, 1.82) is 0 Å². The lowest BCUT2D eigenvalue weighted by Gasteiger charge is -2.21. The van der Waals surface area contributed by atoms with Gasteiger partial charge in [0.1, 0.15) is 0 Å². The van der Waals surface area contributed by atoms with E-state index < -0.39 is 0 Å². The molecule has 2 rings (SSSR count). The molecule has 88 valence electrons. The molecule has 5 nitrogen and oxygen atoms in total. The highest BCUT2D eigenvalue weighted by Crippen LogP contribution is 2.09. The maximum Gasteiger partial charge on any atom is 0.224 e. The molecule has 2 N–H and O–H groups in total. The molecule has 1 aromatic heterocycles. The van der Waals surface area contributed by atoms with Gasteiger partial charge in [0.15, 0.2) is 0 Å². The van der Waals surface area contributed by atoms with Crippen LogP contribution in [0.5, 0.6) is 0 Å². The Morgan fingerprint density at radius 2 is 2.62 bits per heavy atom. The molecule has 16 heavy (non-hydrogen) atoms. The van der Waals surface area contributed by atoms with Crippen LogP contribution in [0.15, 0.2) is 12.3 Å². The van der Waals surface area contributed by atoms with Crippen molar-refractivity contribution in [2.75, 3.05) is 13.1 Å². The minimum Gasteiger partial charge on any atom is -0.350 e. The van der Waals surface area contributed by atoms with Crippen LogP contribution >= 0.6 is 0 Å². The minimum absolute atomic E-state index is 0.123. The van der Waals surface area contributed by atoms with Crippen LogP contribution in [0, 0.1) is 5.92 Å². The van der Waals surface area contributed by atoms with E-state index in [0.717, 1.165) is 31.6 Å². The topological polar surface area (TPSA) is 59.0 Å². The summed E-state index contributed by atoms with van der Waals surface area (Å²) in [5.74, 6) is 0.260. The summed E-state index contributed by atoms with van der Waals surface area (Å²) in [6.45, 7) is 2.36. The van der Waals surface area contributed by atoms with Gasteiger partial charge in [-0.3, -0.25) is 9.48 Å². The number of hydrogen-bond donors (Lipinski definition) is 2. The number of aromatic nitrogens is 2. The summed E-state index contributed by atoms with van der Waals surface area (Å²) < 4.78 is 1.74. The lowest BCUT2D eigenvalue weighted by atomic mass is 9.99. The van der Waals surface area contributed by atoms with Gasteiger partial charge in [0.25, 0.3) is 0 Å². The van der Waals surface area contributed by atoms with Crippen LogP contribution in [0.1, 0.15) is 18.5 Å². The van der Waals surface area contributed by atoms with Gasteiger partial charge in [-0.15, -0.1) is 0 Å². The molecule has 1 fully saturated rings. The van der Waals surface area contributed by atoms with Gasteiger partial charge >= 0.3 is 0 Å². The number of piperidine rings is 1. The van der Waals surface area contributed by atoms with Gasteiger partial charge in [0, 0.05) is 19.8 Å². The van der Waals surface area contributed by atoms with Crippen molar-refractivity contribution < 1.29 is 4.79 Å². The van der Waals surface area contributed by atoms with E-state index in [0.29, 0.717) is 6.54 Å². The Kier molecular flexibility index (Phi) is 3.56. The van der Waals surface area contributed by atoms with Crippen molar-refractivity contribution in [2.45, 2.75) is 19.4 Å². The number of amides is 1. The van der Waals surface area contributed by atoms with Crippen molar-refractivity contribution in [3.63, 3.8) is 0 Å². The molecule has 1 amide bonds. The number of nitrogens with one attached hydrogen (secondary N) is 2. The standard InChI is InChI=1S/C11H18N4O/c1-15-6-4-10(14-15)8-13-11(16)9-3-2-5-12-7-9/h4,6,9,12H,2-3,5,7-8H2,1H3,(H,13,16)/t9-/m0/s1. The largest absolute Gasteiger partial charge is 0.350 e. The zero-order valence-corrected chi connectivity index (χ0v) is 9.57. The molecule has 1 aliphatic heterocycles. The Labute approximate surface area is 95.2 Å². The monoisotopic (exact) mass is 222 g/mol. The number of nitrogens with zero attached hydrogens (tertiary/aromatic N) is 2. The third-order valence-electron chi connectivity index (χ3n) is 2.88. The second-order valence-corrected chi connectivity index (χ2v) is 4.24. The van der Waals surface area contributed by atoms with Gasteiger partial charge in [-0.05, 0) is 25.5 Å². The van der Waals surface area contributed by atoms with E-state index in [1.54, 1.807) is 4.68 Å². The Bertz CT molecular complexity index is 355. The first-order valence-electron chi connectivity index (χ1n) is 5.72. The molecule has 0 saturated carbocycles. The van der Waals surface area contributed by atoms with E-state index in [1.807, 2.05) is 19.3 Å². The lowest BCUT2D eigenvalue weighted by Crippen LogP contribution is -2.40. The van der Waals surface area contributed by atoms with Crippen molar-refractivity contribution in [3.05, 3.63) is 18.0 Å². The normalized spacial score (nSPS) is 20.7. The van der Waals surface area contributed by atoms with Crippen LogP contribution in [0.3, 0.4) is 0 Å². The molecule has 0 aromatic carbocycles. The van der Waals surface area contributed by atoms with E-state index >= 15 is 0 Å². The quantitative estimate of drug-likeness (QED) is 0.759. The Morgan fingerprint density at radius 1 is 1.75 bits per heavy atom. The van der Waals surface area contributed by atoms with E-state index in [4.69, 9.17) is 0 Å². The van der Waals surface area contributed by atoms with Crippen LogP contribution < -0.4 is 10.6 Å². The lowest BCUT2D eigenvalue weighted by molar-refractivity contribution is -0.125. The van der Waals surface area contributed by atoms with Crippen LogP contribution in [-0.4, -0.2) is 28.8 Å². The maximum absolute atomic E-state index is 11.8. The Morgan fingerprint density at radius 3 is 3.25 bits per heavy atom. The van der Waals surface area contributed by atoms with Gasteiger partial charge in [-0.1, -0.05) is 0 Å². The van der Waals surface area contributed by atoms with E-state index in [2.05, 4.69) is 15.7 Å². The molecule has 0 radical (unpaired) electrons. The Hall–Kier alpha value is -1.36. The fourth-order valence-corrected chi connectivity index (χ4v) is 1.96. The van der Waals surface area contributed by atoms with Gasteiger partial charge in [0.05, 0.1) is 18.2 Å².